The molecule has 0 fully saturated rings. The number of carboxylic acid groups (broad SMARTS) is 1. The topological polar surface area (TPSA) is 47.2 Å². The predicted molar refractivity (Wildman–Crippen MR) is 83.0 cm³/mol. The Morgan fingerprint density at radius 1 is 1.39 bits per heavy atom. The fourth-order valence-electron chi connectivity index (χ4n) is 3.33. The molecule has 23 heavy (non-hydrogen) atoms. The smallest absolute Gasteiger partial charge is 0.303 e. The van der Waals surface area contributed by atoms with Crippen LogP contribution in [0.25, 0.3) is 0 Å². The average Bonchev–Trinajstić information content (AvgIpc) is 2.98. The van der Waals surface area contributed by atoms with Crippen LogP contribution in [0.5, 0.6) is 0 Å². The van der Waals surface area contributed by atoms with Gasteiger partial charge in [0.1, 0.15) is 11.6 Å². The highest BCUT2D eigenvalue weighted by Gasteiger charge is 2.31. The molecule has 0 amide bonds. The fraction of sp³-hybridized carbons (Fsp3) is 0.375. The highest BCUT2D eigenvalue weighted by molar-refractivity contribution is 7.71. The van der Waals surface area contributed by atoms with Gasteiger partial charge >= 0.3 is 5.97 Å². The van der Waals surface area contributed by atoms with Crippen LogP contribution < -0.4 is 0 Å². The van der Waals surface area contributed by atoms with Gasteiger partial charge in [0.2, 0.25) is 0 Å². The van der Waals surface area contributed by atoms with E-state index >= 15 is 0 Å². The zero-order valence-electron chi connectivity index (χ0n) is 12.6. The summed E-state index contributed by atoms with van der Waals surface area (Å²) in [6.45, 7) is 0.410. The van der Waals surface area contributed by atoms with Crippen molar-refractivity contribution >= 4 is 18.2 Å². The van der Waals surface area contributed by atoms with Crippen LogP contribution in [0.1, 0.15) is 29.3 Å². The molecule has 0 saturated carbocycles. The van der Waals surface area contributed by atoms with Gasteiger partial charge in [-0.2, -0.15) is 0 Å². The quantitative estimate of drug-likeness (QED) is 0.871. The number of benzene rings is 1. The maximum atomic E-state index is 14.0. The molecule has 1 aliphatic heterocycles. The van der Waals surface area contributed by atoms with Crippen LogP contribution in [-0.2, 0) is 31.2 Å². The maximum absolute atomic E-state index is 14.0. The second-order valence-corrected chi connectivity index (χ2v) is 6.14. The number of aromatic nitrogens is 2. The Balaban J connectivity index is 1.97. The van der Waals surface area contributed by atoms with E-state index in [1.165, 1.54) is 18.2 Å². The number of imidazole rings is 1. The van der Waals surface area contributed by atoms with E-state index in [2.05, 4.69) is 0 Å². The Morgan fingerprint density at radius 3 is 2.65 bits per heavy atom. The fourth-order valence-corrected chi connectivity index (χ4v) is 3.62. The number of hydrogen-bond donors (Lipinski definition) is 1. The Morgan fingerprint density at radius 2 is 2.04 bits per heavy atom. The molecule has 0 spiro atoms. The number of rotatable bonds is 4. The molecular weight excluding hydrogens is 322 g/mol. The zero-order chi connectivity index (χ0) is 16.7. The van der Waals surface area contributed by atoms with E-state index in [1.54, 1.807) is 11.6 Å². The SMILES string of the molecule is Cn1c(CCC(=O)O)c2n(c1=S)C[C@@H](c1c(F)cccc1F)C2. The normalized spacial score (nSPS) is 16.6. The van der Waals surface area contributed by atoms with Gasteiger partial charge in [0.25, 0.3) is 0 Å². The molecule has 1 atom stereocenters. The molecule has 0 aliphatic carbocycles. The predicted octanol–water partition coefficient (Wildman–Crippen LogP) is 3.19. The monoisotopic (exact) mass is 338 g/mol. The molecule has 1 N–H and O–H groups in total. The summed E-state index contributed by atoms with van der Waals surface area (Å²) in [4.78, 5) is 10.8. The number of aliphatic carboxylic acids is 1. The van der Waals surface area contributed by atoms with Gasteiger partial charge in [-0.1, -0.05) is 6.07 Å². The van der Waals surface area contributed by atoms with Crippen molar-refractivity contribution in [2.45, 2.75) is 31.7 Å². The van der Waals surface area contributed by atoms with E-state index < -0.39 is 17.6 Å². The highest BCUT2D eigenvalue weighted by atomic mass is 32.1. The van der Waals surface area contributed by atoms with Gasteiger partial charge in [-0.25, -0.2) is 8.78 Å². The maximum Gasteiger partial charge on any atom is 0.303 e. The summed E-state index contributed by atoms with van der Waals surface area (Å²) in [5.41, 5.74) is 1.79. The van der Waals surface area contributed by atoms with Crippen LogP contribution >= 0.6 is 12.2 Å². The lowest BCUT2D eigenvalue weighted by molar-refractivity contribution is -0.136. The summed E-state index contributed by atoms with van der Waals surface area (Å²) >= 11 is 5.38. The van der Waals surface area contributed by atoms with Crippen molar-refractivity contribution in [3.63, 3.8) is 0 Å². The largest absolute Gasteiger partial charge is 0.481 e. The number of carboxylic acids is 1. The Bertz CT molecular complexity index is 821. The molecular formula is C16H16F2N2O2S. The van der Waals surface area contributed by atoms with Crippen LogP contribution in [0.4, 0.5) is 8.78 Å². The van der Waals surface area contributed by atoms with Gasteiger partial charge < -0.3 is 14.2 Å². The van der Waals surface area contributed by atoms with Crippen LogP contribution in [0.15, 0.2) is 18.2 Å². The molecule has 0 bridgehead atoms. The Labute approximate surface area is 137 Å². The van der Waals surface area contributed by atoms with E-state index in [0.717, 1.165) is 11.4 Å². The van der Waals surface area contributed by atoms with E-state index in [-0.39, 0.29) is 17.9 Å². The number of carbonyl (C=O) groups is 1. The summed E-state index contributed by atoms with van der Waals surface area (Å²) in [7, 11) is 1.80. The first kappa shape index (κ1) is 15.9. The summed E-state index contributed by atoms with van der Waals surface area (Å²) < 4.78 is 32.2. The summed E-state index contributed by atoms with van der Waals surface area (Å²) in [6.07, 6.45) is 0.805. The molecule has 2 heterocycles. The number of fused-ring (bicyclic) bond motifs is 1. The van der Waals surface area contributed by atoms with Crippen LogP contribution in [0, 0.1) is 16.4 Å². The lowest BCUT2D eigenvalue weighted by atomic mass is 9.95. The molecule has 0 unspecified atom stereocenters. The van der Waals surface area contributed by atoms with E-state index in [9.17, 15) is 13.6 Å². The first-order chi connectivity index (χ1) is 10.9. The Hall–Kier alpha value is -2.02. The molecule has 2 aromatic rings. The third-order valence-electron chi connectivity index (χ3n) is 4.41. The van der Waals surface area contributed by atoms with Crippen molar-refractivity contribution < 1.29 is 18.7 Å². The minimum Gasteiger partial charge on any atom is -0.481 e. The first-order valence-corrected chi connectivity index (χ1v) is 7.74. The third kappa shape index (κ3) is 2.69. The molecule has 1 aromatic heterocycles. The molecule has 0 radical (unpaired) electrons. The first-order valence-electron chi connectivity index (χ1n) is 7.33. The molecule has 122 valence electrons. The molecule has 1 aliphatic rings. The van der Waals surface area contributed by atoms with Gasteiger partial charge in [-0.05, 0) is 37.2 Å². The molecule has 1 aromatic carbocycles. The van der Waals surface area contributed by atoms with Gasteiger partial charge in [-0.15, -0.1) is 0 Å². The van der Waals surface area contributed by atoms with Crippen molar-refractivity contribution in [2.75, 3.05) is 0 Å². The van der Waals surface area contributed by atoms with Crippen LogP contribution in [-0.4, -0.2) is 20.2 Å². The van der Waals surface area contributed by atoms with Crippen molar-refractivity contribution in [3.05, 3.63) is 51.6 Å². The number of nitrogens with zero attached hydrogens (tertiary/aromatic N) is 2. The van der Waals surface area contributed by atoms with E-state index in [1.807, 2.05) is 4.57 Å². The summed E-state index contributed by atoms with van der Waals surface area (Å²) in [5, 5.41) is 8.88. The molecule has 4 nitrogen and oxygen atoms in total. The van der Waals surface area contributed by atoms with Gasteiger partial charge in [-0.3, -0.25) is 4.79 Å². The third-order valence-corrected chi connectivity index (χ3v) is 4.90. The lowest BCUT2D eigenvalue weighted by Crippen LogP contribution is -2.09. The van der Waals surface area contributed by atoms with Crippen LogP contribution in [0.3, 0.4) is 0 Å². The van der Waals surface area contributed by atoms with E-state index in [4.69, 9.17) is 17.3 Å². The minimum atomic E-state index is -0.884. The van der Waals surface area contributed by atoms with Crippen molar-refractivity contribution in [2.24, 2.45) is 7.05 Å². The summed E-state index contributed by atoms with van der Waals surface area (Å²) in [6, 6.07) is 3.86. The molecule has 3 rings (SSSR count). The zero-order valence-corrected chi connectivity index (χ0v) is 13.4. The Kier molecular flexibility index (Phi) is 4.06. The average molecular weight is 338 g/mol. The second-order valence-electron chi connectivity index (χ2n) is 5.78. The van der Waals surface area contributed by atoms with Crippen molar-refractivity contribution in [1.29, 1.82) is 0 Å². The number of hydrogen-bond acceptors (Lipinski definition) is 2. The number of halogens is 2. The minimum absolute atomic E-state index is 0.00163. The standard InChI is InChI=1S/C16H16F2N2O2S/c1-19-12(5-6-14(21)22)13-7-9(8-20(13)16(19)23)15-10(17)3-2-4-11(15)18/h2-4,9H,5-8H2,1H3,(H,21,22)/t9-/m0/s1. The molecule has 0 saturated heterocycles. The van der Waals surface area contributed by atoms with E-state index in [0.29, 0.717) is 24.2 Å². The van der Waals surface area contributed by atoms with Gasteiger partial charge in [0.15, 0.2) is 4.77 Å². The highest BCUT2D eigenvalue weighted by Crippen LogP contribution is 2.35. The van der Waals surface area contributed by atoms with Gasteiger partial charge in [0.05, 0.1) is 6.42 Å². The van der Waals surface area contributed by atoms with Crippen LogP contribution in [0.2, 0.25) is 0 Å². The van der Waals surface area contributed by atoms with Crippen molar-refractivity contribution in [1.82, 2.24) is 9.13 Å². The van der Waals surface area contributed by atoms with Crippen molar-refractivity contribution in [3.8, 4) is 0 Å². The lowest BCUT2D eigenvalue weighted by Gasteiger charge is -2.13. The summed E-state index contributed by atoms with van der Waals surface area (Å²) in [5.74, 6) is -2.31. The van der Waals surface area contributed by atoms with Gasteiger partial charge in [0, 0.05) is 36.5 Å². The molecule has 7 heteroatoms. The second kappa shape index (κ2) is 5.88.